The number of hydrogen-bond acceptors (Lipinski definition) is 1. The van der Waals surface area contributed by atoms with Crippen molar-refractivity contribution in [2.24, 2.45) is 0 Å². The van der Waals surface area contributed by atoms with Crippen molar-refractivity contribution in [2.45, 2.75) is 26.2 Å². The fourth-order valence-corrected chi connectivity index (χ4v) is 0.757. The van der Waals surface area contributed by atoms with Crippen LogP contribution in [0, 0.1) is 0 Å². The summed E-state index contributed by atoms with van der Waals surface area (Å²) >= 11 is 0. The highest BCUT2D eigenvalue weighted by Crippen LogP contribution is 1.93. The van der Waals surface area contributed by atoms with Gasteiger partial charge < -0.3 is 10.2 Å². The quantitative estimate of drug-likeness (QED) is 0.428. The van der Waals surface area contributed by atoms with Crippen LogP contribution in [0.1, 0.15) is 26.2 Å². The van der Waals surface area contributed by atoms with Gasteiger partial charge in [0.25, 0.3) is 0 Å². The summed E-state index contributed by atoms with van der Waals surface area (Å²) in [7, 11) is 0. The molecule has 0 atom stereocenters. The summed E-state index contributed by atoms with van der Waals surface area (Å²) in [5.41, 5.74) is 0. The summed E-state index contributed by atoms with van der Waals surface area (Å²) < 4.78 is 5.30. The first kappa shape index (κ1) is 14.0. The predicted octanol–water partition coefficient (Wildman–Crippen LogP) is 2.11. The minimum atomic E-state index is 0. The average Bonchev–Trinajstić information content (AvgIpc) is 2.03. The first-order valence-electron chi connectivity index (χ1n) is 4.27. The monoisotopic (exact) mass is 172 g/mol. The van der Waals surface area contributed by atoms with Crippen molar-refractivity contribution in [1.82, 2.24) is 0 Å². The fourth-order valence-electron chi connectivity index (χ4n) is 0.757. The van der Waals surface area contributed by atoms with Gasteiger partial charge in [0.1, 0.15) is 0 Å². The van der Waals surface area contributed by atoms with Crippen LogP contribution in [0.4, 0.5) is 0 Å². The summed E-state index contributed by atoms with van der Waals surface area (Å²) in [6.45, 7) is 7.36. The number of hydrogen-bond donors (Lipinski definition) is 0. The highest BCUT2D eigenvalue weighted by atomic mass is 16.5. The zero-order chi connectivity index (χ0) is 8.36. The lowest BCUT2D eigenvalue weighted by atomic mass is 10.3. The van der Waals surface area contributed by atoms with E-state index in [2.05, 4.69) is 13.5 Å². The molecule has 0 aliphatic heterocycles. The molecule has 0 bridgehead atoms. The first-order valence-corrected chi connectivity index (χ1v) is 4.27. The second kappa shape index (κ2) is 13.0. The lowest BCUT2D eigenvalue weighted by molar-refractivity contribution is 0.157. The Hall–Kier alpha value is -0.600. The van der Waals surface area contributed by atoms with Crippen LogP contribution in [0.25, 0.3) is 0 Å². The lowest BCUT2D eigenvalue weighted by Gasteiger charge is -1.98. The van der Waals surface area contributed by atoms with Gasteiger partial charge in [-0.15, -0.1) is 0 Å². The van der Waals surface area contributed by atoms with Crippen LogP contribution in [-0.2, 0) is 4.74 Å². The third-order valence-corrected chi connectivity index (χ3v) is 1.38. The average molecular weight is 172 g/mol. The van der Waals surface area contributed by atoms with Crippen molar-refractivity contribution in [3.63, 3.8) is 0 Å². The van der Waals surface area contributed by atoms with Crippen LogP contribution in [0.3, 0.4) is 0 Å². The van der Waals surface area contributed by atoms with E-state index in [1.165, 1.54) is 19.3 Å². The predicted molar refractivity (Wildman–Crippen MR) is 53.3 cm³/mol. The van der Waals surface area contributed by atoms with Crippen molar-refractivity contribution in [1.29, 1.82) is 0 Å². The number of allylic oxidation sites excluding steroid dienone is 2. The largest absolute Gasteiger partial charge is 0.412 e. The second-order valence-corrected chi connectivity index (χ2v) is 2.45. The first-order chi connectivity index (χ1) is 5.41. The molecule has 0 aromatic carbocycles. The molecule has 0 saturated heterocycles. The number of ether oxygens (including phenoxy) is 1. The van der Waals surface area contributed by atoms with Gasteiger partial charge in [-0.25, -0.2) is 0 Å². The molecule has 2 N–H and O–H groups in total. The van der Waals surface area contributed by atoms with Gasteiger partial charge in [0.15, 0.2) is 0 Å². The Bertz CT molecular complexity index is 108. The minimum absolute atomic E-state index is 0. The SMILES string of the molecule is C=CC=CCOCCCCC.O. The maximum absolute atomic E-state index is 5.30. The summed E-state index contributed by atoms with van der Waals surface area (Å²) in [4.78, 5) is 0. The molecule has 0 heterocycles. The molecule has 0 unspecified atom stereocenters. The molecule has 0 rings (SSSR count). The van der Waals surface area contributed by atoms with E-state index in [0.717, 1.165) is 13.2 Å². The maximum Gasteiger partial charge on any atom is 0.0650 e. The Morgan fingerprint density at radius 2 is 2.08 bits per heavy atom. The maximum atomic E-state index is 5.30. The van der Waals surface area contributed by atoms with E-state index in [0.29, 0.717) is 0 Å². The van der Waals surface area contributed by atoms with E-state index in [9.17, 15) is 0 Å². The summed E-state index contributed by atoms with van der Waals surface area (Å²) in [5, 5.41) is 0. The van der Waals surface area contributed by atoms with E-state index in [4.69, 9.17) is 4.74 Å². The Morgan fingerprint density at radius 1 is 1.33 bits per heavy atom. The molecule has 0 amide bonds. The molecule has 0 spiro atoms. The van der Waals surface area contributed by atoms with Gasteiger partial charge in [0.2, 0.25) is 0 Å². The molecular weight excluding hydrogens is 152 g/mol. The van der Waals surface area contributed by atoms with Crippen molar-refractivity contribution in [3.05, 3.63) is 24.8 Å². The van der Waals surface area contributed by atoms with Gasteiger partial charge in [0, 0.05) is 6.61 Å². The van der Waals surface area contributed by atoms with E-state index < -0.39 is 0 Å². The van der Waals surface area contributed by atoms with Gasteiger partial charge in [-0.1, -0.05) is 44.6 Å². The van der Waals surface area contributed by atoms with Crippen LogP contribution in [0.5, 0.6) is 0 Å². The van der Waals surface area contributed by atoms with Crippen molar-refractivity contribution in [2.75, 3.05) is 13.2 Å². The van der Waals surface area contributed by atoms with Crippen molar-refractivity contribution in [3.8, 4) is 0 Å². The highest BCUT2D eigenvalue weighted by molar-refractivity contribution is 4.96. The summed E-state index contributed by atoms with van der Waals surface area (Å²) in [5.74, 6) is 0. The zero-order valence-corrected chi connectivity index (χ0v) is 7.88. The fraction of sp³-hybridized carbons (Fsp3) is 0.600. The number of rotatable bonds is 7. The Morgan fingerprint density at radius 3 is 2.67 bits per heavy atom. The third-order valence-electron chi connectivity index (χ3n) is 1.38. The molecule has 0 aliphatic carbocycles. The lowest BCUT2D eigenvalue weighted by Crippen LogP contribution is -1.93. The Labute approximate surface area is 75.2 Å². The molecule has 0 aromatic rings. The van der Waals surface area contributed by atoms with Crippen LogP contribution >= 0.6 is 0 Å². The van der Waals surface area contributed by atoms with Gasteiger partial charge in [-0.3, -0.25) is 0 Å². The van der Waals surface area contributed by atoms with Crippen LogP contribution in [-0.4, -0.2) is 18.7 Å². The molecule has 12 heavy (non-hydrogen) atoms. The van der Waals surface area contributed by atoms with Gasteiger partial charge in [0.05, 0.1) is 6.61 Å². The molecule has 0 saturated carbocycles. The molecular formula is C10H20O2. The minimum Gasteiger partial charge on any atom is -0.412 e. The van der Waals surface area contributed by atoms with E-state index in [-0.39, 0.29) is 5.48 Å². The Balaban J connectivity index is 0. The molecule has 72 valence electrons. The topological polar surface area (TPSA) is 40.7 Å². The van der Waals surface area contributed by atoms with E-state index in [1.54, 1.807) is 6.08 Å². The zero-order valence-electron chi connectivity index (χ0n) is 7.88. The molecule has 0 fully saturated rings. The summed E-state index contributed by atoms with van der Waals surface area (Å²) in [6.07, 6.45) is 9.34. The smallest absolute Gasteiger partial charge is 0.0650 e. The molecule has 0 radical (unpaired) electrons. The second-order valence-electron chi connectivity index (χ2n) is 2.45. The van der Waals surface area contributed by atoms with Crippen LogP contribution in [0.2, 0.25) is 0 Å². The molecule has 0 aliphatic rings. The highest BCUT2D eigenvalue weighted by Gasteiger charge is 1.84. The molecule has 0 aromatic heterocycles. The standard InChI is InChI=1S/C10H18O.H2O/c1-3-5-7-9-11-10-8-6-4-2;/h3,5,7H,1,4,6,8-10H2,2H3;1H2. The summed E-state index contributed by atoms with van der Waals surface area (Å²) in [6, 6.07) is 0. The van der Waals surface area contributed by atoms with Crippen LogP contribution in [0.15, 0.2) is 24.8 Å². The van der Waals surface area contributed by atoms with Crippen molar-refractivity contribution < 1.29 is 10.2 Å². The van der Waals surface area contributed by atoms with Gasteiger partial charge >= 0.3 is 0 Å². The van der Waals surface area contributed by atoms with E-state index in [1.807, 2.05) is 12.2 Å². The van der Waals surface area contributed by atoms with Crippen LogP contribution < -0.4 is 0 Å². The molecule has 2 heteroatoms. The third kappa shape index (κ3) is 12.1. The molecule has 2 nitrogen and oxygen atoms in total. The van der Waals surface area contributed by atoms with Crippen molar-refractivity contribution >= 4 is 0 Å². The van der Waals surface area contributed by atoms with Gasteiger partial charge in [-0.2, -0.15) is 0 Å². The number of unbranched alkanes of at least 4 members (excludes halogenated alkanes) is 2. The van der Waals surface area contributed by atoms with E-state index >= 15 is 0 Å². The normalized spacial score (nSPS) is 9.75. The Kier molecular flexibility index (Phi) is 15.1. The van der Waals surface area contributed by atoms with Gasteiger partial charge in [-0.05, 0) is 6.42 Å².